The highest BCUT2D eigenvalue weighted by Crippen LogP contribution is 2.16. The molecule has 29 heteroatoms. The number of aliphatic hydroxyl groups excluding tert-OH is 2. The van der Waals surface area contributed by atoms with E-state index in [0.29, 0.717) is 28.9 Å². The van der Waals surface area contributed by atoms with Crippen LogP contribution >= 0.6 is 11.8 Å². The normalized spacial score (nSPS) is 15.2. The van der Waals surface area contributed by atoms with Crippen LogP contribution in [0.1, 0.15) is 77.0 Å². The number of rotatable bonds is 37. The number of carboxylic acid groups (broad SMARTS) is 2. The number of hydrogen-bond donors (Lipinski definition) is 16. The number of carboxylic acids is 2. The van der Waals surface area contributed by atoms with E-state index in [0.717, 1.165) is 6.92 Å². The van der Waals surface area contributed by atoms with E-state index in [4.69, 9.17) is 11.5 Å². The summed E-state index contributed by atoms with van der Waals surface area (Å²) in [6, 6.07) is 5.75. The third-order valence-electron chi connectivity index (χ3n) is 13.8. The van der Waals surface area contributed by atoms with Crippen molar-refractivity contribution in [3.05, 3.63) is 102 Å². The number of nitrogens with one attached hydrogen (secondary N) is 9. The maximum Gasteiger partial charge on any atom is 0.326 e. The molecule has 0 bridgehead atoms. The van der Waals surface area contributed by atoms with Crippen molar-refractivity contribution < 1.29 is 83.1 Å². The van der Waals surface area contributed by atoms with Crippen molar-refractivity contribution in [1.29, 1.82) is 0 Å². The third kappa shape index (κ3) is 24.7. The minimum atomic E-state index is -1.91. The first-order valence-corrected chi connectivity index (χ1v) is 29.3. The van der Waals surface area contributed by atoms with Gasteiger partial charge in [0, 0.05) is 19.3 Å². The topological polar surface area (TPSA) is 466 Å². The molecule has 0 aromatic heterocycles. The standard InChI is InChI=1S/C58H81N11O17S/c1-7-31(4)47(68-50(77)38(22-23-87-6)61-49(76)37(59)29-70)56(83)69-48(32(5)71)57(84)66-42(27-44(60)73)54(81)64-39(24-33-14-10-8-11-15-33)51(78)63-41(26-35-18-20-36(72)21-19-35)52(79)62-40(25-34-16-12-9-13-17-34)53(80)65-43(28-45(74)75)55(82)67-46(30(2)3)58(85)86/h8-21,30-32,37-43,46-48,70-72H,7,22-29,59H2,1-6H3,(H2,60,73)(H,61,76)(H,62,79)(H,63,78)(H,64,81)(H,65,80)(H,66,84)(H,67,82)(H,68,77)(H,69,83)(H,74,75)(H,85,86)/t31-,32+,37-,38-,39-,40-,41-,42-,43-,46-,47-,48-/m0/s1. The first kappa shape index (κ1) is 72.6. The lowest BCUT2D eigenvalue weighted by Crippen LogP contribution is -2.63. The van der Waals surface area contributed by atoms with Crippen molar-refractivity contribution in [2.45, 2.75) is 146 Å². The van der Waals surface area contributed by atoms with Crippen molar-refractivity contribution in [2.75, 3.05) is 18.6 Å². The van der Waals surface area contributed by atoms with Gasteiger partial charge in [0.05, 0.1) is 25.6 Å². The number of nitrogens with two attached hydrogens (primary N) is 2. The van der Waals surface area contributed by atoms with Crippen LogP contribution in [0.3, 0.4) is 0 Å². The highest BCUT2D eigenvalue weighted by molar-refractivity contribution is 7.98. The van der Waals surface area contributed by atoms with E-state index in [2.05, 4.69) is 47.9 Å². The molecule has 0 spiro atoms. The Labute approximate surface area is 507 Å². The van der Waals surface area contributed by atoms with Crippen LogP contribution < -0.4 is 59.3 Å². The van der Waals surface area contributed by atoms with Crippen LogP contribution in [0.2, 0.25) is 0 Å². The van der Waals surface area contributed by atoms with Crippen LogP contribution in [-0.4, -0.2) is 182 Å². The van der Waals surface area contributed by atoms with E-state index >= 15 is 0 Å². The SMILES string of the molecule is CC[C@H](C)[C@H](NC(=O)[C@H](CCSC)NC(=O)[C@@H](N)CO)C(=O)N[C@H](C(=O)N[C@@H](CC(N)=O)C(=O)N[C@@H](Cc1ccccc1)C(=O)N[C@@H](Cc1ccc(O)cc1)C(=O)N[C@@H](Cc1ccccc1)C(=O)N[C@@H](CC(=O)O)C(=O)N[C@H](C(=O)O)C(C)C)[C@@H](C)O. The molecule has 0 fully saturated rings. The lowest BCUT2D eigenvalue weighted by Gasteiger charge is -2.30. The first-order valence-electron chi connectivity index (χ1n) is 27.9. The molecule has 0 unspecified atom stereocenters. The van der Waals surface area contributed by atoms with E-state index in [1.165, 1.54) is 49.9 Å². The number of phenolic OH excluding ortho intramolecular Hbond substituents is 1. The van der Waals surface area contributed by atoms with Gasteiger partial charge in [0.15, 0.2) is 0 Å². The Kier molecular flexibility index (Phi) is 30.3. The van der Waals surface area contributed by atoms with Crippen LogP contribution in [-0.2, 0) is 76.8 Å². The molecule has 0 aliphatic heterocycles. The Hall–Kier alpha value is -8.67. The summed E-state index contributed by atoms with van der Waals surface area (Å²) < 4.78 is 0. The van der Waals surface area contributed by atoms with Gasteiger partial charge in [-0.1, -0.05) is 107 Å². The van der Waals surface area contributed by atoms with Gasteiger partial charge in [-0.15, -0.1) is 0 Å². The summed E-state index contributed by atoms with van der Waals surface area (Å²) in [5.74, 6) is -14.5. The molecule has 0 saturated carbocycles. The monoisotopic (exact) mass is 1240 g/mol. The molecule has 0 radical (unpaired) electrons. The number of aliphatic hydroxyl groups is 2. The molecule has 3 rings (SSSR count). The molecule has 28 nitrogen and oxygen atoms in total. The van der Waals surface area contributed by atoms with Gasteiger partial charge >= 0.3 is 11.9 Å². The lowest BCUT2D eigenvalue weighted by molar-refractivity contribution is -0.144. The second-order valence-corrected chi connectivity index (χ2v) is 22.1. The number of carbonyl (C=O) groups is 12. The fourth-order valence-corrected chi connectivity index (χ4v) is 9.05. The summed E-state index contributed by atoms with van der Waals surface area (Å²) in [5.41, 5.74) is 12.5. The van der Waals surface area contributed by atoms with Gasteiger partial charge in [0.2, 0.25) is 59.1 Å². The molecule has 12 atom stereocenters. The zero-order chi connectivity index (χ0) is 65.1. The van der Waals surface area contributed by atoms with Gasteiger partial charge in [-0.3, -0.25) is 52.7 Å². The molecule has 0 heterocycles. The molecule has 0 aliphatic carbocycles. The summed E-state index contributed by atoms with van der Waals surface area (Å²) >= 11 is 1.36. The van der Waals surface area contributed by atoms with Crippen LogP contribution in [0.25, 0.3) is 0 Å². The average Bonchev–Trinajstić information content (AvgIpc) is 3.08. The van der Waals surface area contributed by atoms with Crippen molar-refractivity contribution >= 4 is 82.8 Å². The number of hydrogen-bond acceptors (Lipinski definition) is 17. The van der Waals surface area contributed by atoms with Gasteiger partial charge in [0.25, 0.3) is 0 Å². The highest BCUT2D eigenvalue weighted by atomic mass is 32.2. The van der Waals surface area contributed by atoms with Gasteiger partial charge in [-0.05, 0) is 66.0 Å². The molecule has 87 heavy (non-hydrogen) atoms. The number of thioether (sulfide) groups is 1. The predicted molar refractivity (Wildman–Crippen MR) is 317 cm³/mol. The maximum absolute atomic E-state index is 14.8. The van der Waals surface area contributed by atoms with Crippen LogP contribution in [0.15, 0.2) is 84.9 Å². The van der Waals surface area contributed by atoms with Crippen molar-refractivity contribution in [3.8, 4) is 5.75 Å². The first-order chi connectivity index (χ1) is 41.1. The number of aromatic hydroxyl groups is 1. The summed E-state index contributed by atoms with van der Waals surface area (Å²) in [4.78, 5) is 163. The second kappa shape index (κ2) is 36.4. The van der Waals surface area contributed by atoms with E-state index in [1.54, 1.807) is 80.8 Å². The summed E-state index contributed by atoms with van der Waals surface area (Å²) in [5, 5.41) is 71.9. The number of carbonyl (C=O) groups excluding carboxylic acids is 10. The average molecular weight is 1240 g/mol. The molecule has 0 saturated heterocycles. The van der Waals surface area contributed by atoms with Gasteiger partial charge in [-0.25, -0.2) is 4.79 Å². The third-order valence-corrected chi connectivity index (χ3v) is 14.4. The highest BCUT2D eigenvalue weighted by Gasteiger charge is 2.38. The van der Waals surface area contributed by atoms with Crippen LogP contribution in [0.5, 0.6) is 5.75 Å². The smallest absolute Gasteiger partial charge is 0.326 e. The Morgan fingerprint density at radius 2 is 0.874 bits per heavy atom. The Bertz CT molecular complexity index is 2830. The zero-order valence-electron chi connectivity index (χ0n) is 49.2. The maximum atomic E-state index is 14.8. The number of primary amides is 1. The predicted octanol–water partition coefficient (Wildman–Crippen LogP) is -2.63. The second-order valence-electron chi connectivity index (χ2n) is 21.1. The molecule has 476 valence electrons. The molecule has 3 aromatic rings. The van der Waals surface area contributed by atoms with Gasteiger partial charge in [0.1, 0.15) is 66.2 Å². The van der Waals surface area contributed by atoms with Crippen LogP contribution in [0.4, 0.5) is 0 Å². The molecular weight excluding hydrogens is 1150 g/mol. The van der Waals surface area contributed by atoms with Crippen LogP contribution in [0, 0.1) is 11.8 Å². The largest absolute Gasteiger partial charge is 0.508 e. The van der Waals surface area contributed by atoms with Gasteiger partial charge in [-0.2, -0.15) is 11.8 Å². The summed E-state index contributed by atoms with van der Waals surface area (Å²) in [7, 11) is 0. The van der Waals surface area contributed by atoms with E-state index in [9.17, 15) is 83.1 Å². The van der Waals surface area contributed by atoms with Crippen molar-refractivity contribution in [1.82, 2.24) is 47.9 Å². The Balaban J connectivity index is 2.03. The molecular formula is C58H81N11O17S. The number of phenols is 1. The summed E-state index contributed by atoms with van der Waals surface area (Å²) in [6.07, 6.45) is -2.39. The number of aliphatic carboxylic acids is 2. The van der Waals surface area contributed by atoms with Crippen molar-refractivity contribution in [3.63, 3.8) is 0 Å². The van der Waals surface area contributed by atoms with E-state index < -0.39 is 169 Å². The fraction of sp³-hybridized carbons (Fsp3) is 0.483. The quantitative estimate of drug-likeness (QED) is 0.0281. The molecule has 0 aliphatic rings. The number of amides is 10. The fourth-order valence-electron chi connectivity index (χ4n) is 8.58. The zero-order valence-corrected chi connectivity index (χ0v) is 50.0. The minimum absolute atomic E-state index is 0.0928. The molecule has 3 aromatic carbocycles. The molecule has 18 N–H and O–H groups in total. The summed E-state index contributed by atoms with van der Waals surface area (Å²) in [6.45, 7) is 6.72. The lowest BCUT2D eigenvalue weighted by atomic mass is 9.97. The minimum Gasteiger partial charge on any atom is -0.508 e. The van der Waals surface area contributed by atoms with E-state index in [-0.39, 0.29) is 31.4 Å². The van der Waals surface area contributed by atoms with Crippen molar-refractivity contribution in [2.24, 2.45) is 23.3 Å². The Morgan fingerprint density at radius 1 is 0.494 bits per heavy atom. The van der Waals surface area contributed by atoms with E-state index in [1.807, 2.05) is 0 Å². The van der Waals surface area contributed by atoms with Gasteiger partial charge < -0.3 is 84.9 Å². The Morgan fingerprint density at radius 3 is 1.29 bits per heavy atom. The molecule has 10 amide bonds. The number of benzene rings is 3.